The van der Waals surface area contributed by atoms with Gasteiger partial charge in [-0.2, -0.15) is 0 Å². The third-order valence-electron chi connectivity index (χ3n) is 2.33. The fourth-order valence-corrected chi connectivity index (χ4v) is 1.59. The third kappa shape index (κ3) is 2.93. The van der Waals surface area contributed by atoms with Crippen molar-refractivity contribution in [3.05, 3.63) is 40.6 Å². The Hall–Kier alpha value is -2.32. The van der Waals surface area contributed by atoms with Crippen molar-refractivity contribution in [3.63, 3.8) is 0 Å². The van der Waals surface area contributed by atoms with Crippen molar-refractivity contribution in [2.45, 2.75) is 0 Å². The summed E-state index contributed by atoms with van der Waals surface area (Å²) in [6, 6.07) is 5.11. The lowest BCUT2D eigenvalue weighted by molar-refractivity contribution is -0.383. The molecule has 2 rings (SSSR count). The van der Waals surface area contributed by atoms with E-state index in [1.165, 1.54) is 18.3 Å². The van der Waals surface area contributed by atoms with Crippen LogP contribution in [0.5, 0.6) is 5.75 Å². The van der Waals surface area contributed by atoms with E-state index in [1.54, 1.807) is 0 Å². The molecule has 0 saturated heterocycles. The first-order chi connectivity index (χ1) is 8.88. The lowest BCUT2D eigenvalue weighted by Crippen LogP contribution is -2.26. The minimum atomic E-state index is -5.09. The Kier molecular flexibility index (Phi) is 3.28. The first kappa shape index (κ1) is 13.1. The van der Waals surface area contributed by atoms with E-state index in [0.29, 0.717) is 0 Å². The van der Waals surface area contributed by atoms with Gasteiger partial charge < -0.3 is 17.7 Å². The Labute approximate surface area is 105 Å². The van der Waals surface area contributed by atoms with Crippen LogP contribution in [0.25, 0.3) is 10.9 Å². The quantitative estimate of drug-likeness (QED) is 0.487. The number of hydrogen-bond donors (Lipinski definition) is 0. The molecule has 0 radical (unpaired) electrons. The average molecular weight is 271 g/mol. The Morgan fingerprint density at radius 2 is 2.05 bits per heavy atom. The molecule has 0 unspecified atom stereocenters. The molecule has 19 heavy (non-hydrogen) atoms. The molecule has 100 valence electrons. The largest absolute Gasteiger partial charge is 0.521 e. The molecule has 9 heteroatoms. The molecule has 0 aliphatic carbocycles. The molecule has 0 saturated carbocycles. The molecular weight excluding hydrogens is 264 g/mol. The smallest absolute Gasteiger partial charge is 0.515 e. The van der Waals surface area contributed by atoms with Gasteiger partial charge in [-0.05, 0) is 18.2 Å². The summed E-state index contributed by atoms with van der Waals surface area (Å²) >= 11 is 0. The Balaban J connectivity index is 2.47. The van der Waals surface area contributed by atoms with Gasteiger partial charge in [0.1, 0.15) is 5.75 Å². The highest BCUT2D eigenvalue weighted by molar-refractivity contribution is 6.58. The van der Waals surface area contributed by atoms with Crippen LogP contribution in [0.3, 0.4) is 0 Å². The van der Waals surface area contributed by atoms with E-state index in [-0.39, 0.29) is 22.3 Å². The molecule has 1 aromatic carbocycles. The number of halogens is 3. The van der Waals surface area contributed by atoms with Crippen molar-refractivity contribution in [3.8, 4) is 5.75 Å². The van der Waals surface area contributed by atoms with Crippen molar-refractivity contribution < 1.29 is 22.6 Å². The molecular formula is C10H7BF3N2O3-. The fraction of sp³-hybridized carbons (Fsp3) is 0.100. The average Bonchev–Trinajstić information content (AvgIpc) is 2.34. The number of nitro groups is 1. The molecule has 0 amide bonds. The molecule has 1 aromatic heterocycles. The van der Waals surface area contributed by atoms with E-state index in [1.807, 2.05) is 0 Å². The van der Waals surface area contributed by atoms with Crippen molar-refractivity contribution >= 4 is 23.6 Å². The van der Waals surface area contributed by atoms with Crippen LogP contribution in [0.1, 0.15) is 0 Å². The van der Waals surface area contributed by atoms with E-state index >= 15 is 0 Å². The highest BCUT2D eigenvalue weighted by Gasteiger charge is 2.25. The second kappa shape index (κ2) is 4.75. The fourth-order valence-electron chi connectivity index (χ4n) is 1.59. The van der Waals surface area contributed by atoms with E-state index in [2.05, 4.69) is 9.72 Å². The van der Waals surface area contributed by atoms with Crippen LogP contribution in [0.4, 0.5) is 18.6 Å². The Bertz CT molecular complexity index is 633. The summed E-state index contributed by atoms with van der Waals surface area (Å²) in [5.74, 6) is -0.0760. The predicted octanol–water partition coefficient (Wildman–Crippen LogP) is 2.91. The summed E-state index contributed by atoms with van der Waals surface area (Å²) in [7, 11) is 0. The van der Waals surface area contributed by atoms with Gasteiger partial charge in [0.15, 0.2) is 5.52 Å². The summed E-state index contributed by atoms with van der Waals surface area (Å²) < 4.78 is 41.1. The van der Waals surface area contributed by atoms with Gasteiger partial charge >= 0.3 is 6.98 Å². The number of nitro benzene ring substituents is 1. The van der Waals surface area contributed by atoms with Crippen molar-refractivity contribution in [1.29, 1.82) is 0 Å². The van der Waals surface area contributed by atoms with Gasteiger partial charge in [-0.25, -0.2) is 4.98 Å². The van der Waals surface area contributed by atoms with Gasteiger partial charge in [0, 0.05) is 17.6 Å². The highest BCUT2D eigenvalue weighted by Crippen LogP contribution is 2.31. The predicted molar refractivity (Wildman–Crippen MR) is 63.0 cm³/mol. The van der Waals surface area contributed by atoms with E-state index in [4.69, 9.17) is 0 Å². The number of nitrogens with zero attached hydrogens (tertiary/aromatic N) is 2. The van der Waals surface area contributed by atoms with Crippen LogP contribution in [0.2, 0.25) is 0 Å². The van der Waals surface area contributed by atoms with Gasteiger partial charge in [0.2, 0.25) is 0 Å². The minimum absolute atomic E-state index is 0.000301. The maximum Gasteiger partial charge on any atom is 0.515 e. The normalized spacial score (nSPS) is 11.5. The standard InChI is InChI=1S/C10H7BF3N2O3/c12-11(13,14)6-19-9-4-3-8(16(17)18)10-7(9)2-1-5-15-10/h1-5H,6H2/q-1. The Morgan fingerprint density at radius 3 is 2.68 bits per heavy atom. The first-order valence-electron chi connectivity index (χ1n) is 5.24. The van der Waals surface area contributed by atoms with Gasteiger partial charge in [-0.1, -0.05) is 0 Å². The van der Waals surface area contributed by atoms with Crippen LogP contribution in [0, 0.1) is 10.1 Å². The third-order valence-corrected chi connectivity index (χ3v) is 2.33. The number of pyridine rings is 1. The molecule has 0 aliphatic rings. The monoisotopic (exact) mass is 271 g/mol. The topological polar surface area (TPSA) is 65.3 Å². The maximum absolute atomic E-state index is 12.2. The number of benzene rings is 1. The second-order valence-corrected chi connectivity index (χ2v) is 3.76. The summed E-state index contributed by atoms with van der Waals surface area (Å²) in [5, 5.41) is 11.0. The molecule has 0 fully saturated rings. The van der Waals surface area contributed by atoms with Crippen LogP contribution >= 0.6 is 0 Å². The van der Waals surface area contributed by atoms with Gasteiger partial charge in [0.25, 0.3) is 5.69 Å². The zero-order valence-corrected chi connectivity index (χ0v) is 9.42. The van der Waals surface area contributed by atoms with Crippen molar-refractivity contribution in [2.24, 2.45) is 0 Å². The Morgan fingerprint density at radius 1 is 1.32 bits per heavy atom. The molecule has 1 heterocycles. The molecule has 0 atom stereocenters. The summed E-state index contributed by atoms with van der Waals surface area (Å²) in [5.41, 5.74) is -0.278. The number of ether oxygens (including phenoxy) is 1. The van der Waals surface area contributed by atoms with E-state index < -0.39 is 18.4 Å². The summed E-state index contributed by atoms with van der Waals surface area (Å²) in [6.45, 7) is -6.49. The molecule has 0 bridgehead atoms. The molecule has 0 N–H and O–H groups in total. The lowest BCUT2D eigenvalue weighted by Gasteiger charge is -2.16. The van der Waals surface area contributed by atoms with E-state index in [0.717, 1.165) is 12.1 Å². The number of non-ortho nitro benzene ring substituents is 1. The van der Waals surface area contributed by atoms with Crippen LogP contribution in [-0.2, 0) is 0 Å². The number of hydrogen-bond acceptors (Lipinski definition) is 4. The van der Waals surface area contributed by atoms with Gasteiger partial charge in [-0.15, -0.1) is 0 Å². The minimum Gasteiger partial charge on any atom is -0.521 e. The van der Waals surface area contributed by atoms with Crippen LogP contribution < -0.4 is 4.74 Å². The zero-order chi connectivity index (χ0) is 14.0. The zero-order valence-electron chi connectivity index (χ0n) is 9.42. The first-order valence-corrected chi connectivity index (χ1v) is 5.24. The highest BCUT2D eigenvalue weighted by atomic mass is 19.4. The van der Waals surface area contributed by atoms with Crippen molar-refractivity contribution in [2.75, 3.05) is 6.51 Å². The molecule has 2 aromatic rings. The van der Waals surface area contributed by atoms with Gasteiger partial charge in [-0.3, -0.25) is 10.1 Å². The number of rotatable bonds is 4. The molecule has 0 spiro atoms. The van der Waals surface area contributed by atoms with Crippen LogP contribution in [-0.4, -0.2) is 23.4 Å². The number of aromatic nitrogens is 1. The van der Waals surface area contributed by atoms with Gasteiger partial charge in [0.05, 0.1) is 11.4 Å². The maximum atomic E-state index is 12.2. The summed E-state index contributed by atoms with van der Waals surface area (Å²) in [6.07, 6.45) is 1.33. The summed E-state index contributed by atoms with van der Waals surface area (Å²) in [4.78, 5) is 14.0. The second-order valence-electron chi connectivity index (χ2n) is 3.76. The van der Waals surface area contributed by atoms with Crippen LogP contribution in [0.15, 0.2) is 30.5 Å². The number of fused-ring (bicyclic) bond motifs is 1. The molecule has 5 nitrogen and oxygen atoms in total. The lowest BCUT2D eigenvalue weighted by atomic mass is 9.95. The van der Waals surface area contributed by atoms with E-state index in [9.17, 15) is 23.1 Å². The SMILES string of the molecule is O=[N+]([O-])c1ccc(OC[B-](F)(F)F)c2cccnc12. The molecule has 0 aliphatic heterocycles. The van der Waals surface area contributed by atoms with Crippen molar-refractivity contribution in [1.82, 2.24) is 4.98 Å².